The average Bonchev–Trinajstić information content (AvgIpc) is 2.68. The number of halogens is 2. The molecule has 0 bridgehead atoms. The van der Waals surface area contributed by atoms with Gasteiger partial charge in [0.2, 0.25) is 5.88 Å². The Kier molecular flexibility index (Phi) is 5.98. The molecule has 0 aliphatic carbocycles. The van der Waals surface area contributed by atoms with Crippen molar-refractivity contribution < 1.29 is 13.9 Å². The summed E-state index contributed by atoms with van der Waals surface area (Å²) in [6, 6.07) is 9.24. The number of anilines is 1. The molecule has 0 N–H and O–H groups in total. The molecule has 5 nitrogen and oxygen atoms in total. The maximum Gasteiger partial charge on any atom is 0.229 e. The van der Waals surface area contributed by atoms with E-state index in [0.717, 1.165) is 42.0 Å². The Morgan fingerprint density at radius 1 is 1.08 bits per heavy atom. The lowest BCUT2D eigenvalue weighted by molar-refractivity contribution is 0.197. The molecule has 2 aromatic rings. The van der Waals surface area contributed by atoms with E-state index in [0.29, 0.717) is 11.6 Å². The highest BCUT2D eigenvalue weighted by molar-refractivity contribution is 9.10. The molecule has 1 saturated heterocycles. The zero-order valence-electron chi connectivity index (χ0n) is 15.2. The van der Waals surface area contributed by atoms with E-state index in [1.807, 2.05) is 18.2 Å². The number of pyridine rings is 1. The second-order valence-electron chi connectivity index (χ2n) is 6.25. The average molecular weight is 424 g/mol. The van der Waals surface area contributed by atoms with Gasteiger partial charge in [0, 0.05) is 32.2 Å². The molecule has 1 atom stereocenters. The molecule has 0 spiro atoms. The number of benzene rings is 1. The molecule has 1 aliphatic rings. The summed E-state index contributed by atoms with van der Waals surface area (Å²) in [5.74, 6) is 1.47. The van der Waals surface area contributed by atoms with Crippen molar-refractivity contribution in [3.05, 3.63) is 46.2 Å². The highest BCUT2D eigenvalue weighted by Crippen LogP contribution is 2.29. The van der Waals surface area contributed by atoms with Gasteiger partial charge in [0.15, 0.2) is 11.6 Å². The standard InChI is InChI=1S/C19H23BrFN3O2/c1-13(14-4-6-16(21)17(12-14)25-2)23-8-10-24(11-9-23)18-7-5-15(20)19(22-18)26-3/h4-7,12-13H,8-11H2,1-3H3. The molecule has 7 heteroatoms. The topological polar surface area (TPSA) is 37.8 Å². The highest BCUT2D eigenvalue weighted by Gasteiger charge is 2.24. The number of ether oxygens (including phenoxy) is 2. The molecule has 1 aromatic carbocycles. The van der Waals surface area contributed by atoms with Gasteiger partial charge < -0.3 is 14.4 Å². The summed E-state index contributed by atoms with van der Waals surface area (Å²) in [6.07, 6.45) is 0. The van der Waals surface area contributed by atoms with E-state index in [4.69, 9.17) is 9.47 Å². The molecule has 140 valence electrons. The van der Waals surface area contributed by atoms with Crippen LogP contribution in [0.3, 0.4) is 0 Å². The fourth-order valence-corrected chi connectivity index (χ4v) is 3.60. The van der Waals surface area contributed by atoms with Crippen LogP contribution in [0.1, 0.15) is 18.5 Å². The summed E-state index contributed by atoms with van der Waals surface area (Å²) in [5, 5.41) is 0. The van der Waals surface area contributed by atoms with Crippen LogP contribution in [-0.4, -0.2) is 50.3 Å². The second-order valence-corrected chi connectivity index (χ2v) is 7.11. The Bertz CT molecular complexity index is 766. The van der Waals surface area contributed by atoms with Gasteiger partial charge in [0.25, 0.3) is 0 Å². The molecule has 2 heterocycles. The summed E-state index contributed by atoms with van der Waals surface area (Å²) in [5.41, 5.74) is 1.06. The van der Waals surface area contributed by atoms with Crippen LogP contribution in [0.4, 0.5) is 10.2 Å². The zero-order chi connectivity index (χ0) is 18.7. The fourth-order valence-electron chi connectivity index (χ4n) is 3.22. The fraction of sp³-hybridized carbons (Fsp3) is 0.421. The van der Waals surface area contributed by atoms with Crippen LogP contribution in [0.15, 0.2) is 34.8 Å². The van der Waals surface area contributed by atoms with Gasteiger partial charge in [0.05, 0.1) is 18.7 Å². The van der Waals surface area contributed by atoms with Crippen molar-refractivity contribution in [2.45, 2.75) is 13.0 Å². The van der Waals surface area contributed by atoms with Crippen LogP contribution in [0.5, 0.6) is 11.6 Å². The van der Waals surface area contributed by atoms with Crippen LogP contribution in [0.2, 0.25) is 0 Å². The van der Waals surface area contributed by atoms with Crippen molar-refractivity contribution in [3.63, 3.8) is 0 Å². The molecule has 1 fully saturated rings. The maximum atomic E-state index is 13.6. The van der Waals surface area contributed by atoms with Crippen molar-refractivity contribution in [2.75, 3.05) is 45.3 Å². The Morgan fingerprint density at radius 2 is 1.81 bits per heavy atom. The predicted molar refractivity (Wildman–Crippen MR) is 104 cm³/mol. The Hall–Kier alpha value is -1.86. The summed E-state index contributed by atoms with van der Waals surface area (Å²) < 4.78 is 24.9. The minimum atomic E-state index is -0.330. The number of rotatable bonds is 5. The number of nitrogens with zero attached hydrogens (tertiary/aromatic N) is 3. The SMILES string of the molecule is COc1cc(C(C)N2CCN(c3ccc(Br)c(OC)n3)CC2)ccc1F. The quantitative estimate of drug-likeness (QED) is 0.729. The monoisotopic (exact) mass is 423 g/mol. The molecule has 1 unspecified atom stereocenters. The minimum Gasteiger partial charge on any atom is -0.494 e. The number of piperazine rings is 1. The van der Waals surface area contributed by atoms with E-state index in [1.54, 1.807) is 13.2 Å². The third-order valence-corrected chi connectivity index (χ3v) is 5.44. The summed E-state index contributed by atoms with van der Waals surface area (Å²) in [7, 11) is 3.11. The predicted octanol–water partition coefficient (Wildman–Crippen LogP) is 3.88. The summed E-state index contributed by atoms with van der Waals surface area (Å²) in [6.45, 7) is 5.70. The number of methoxy groups -OCH3 is 2. The molecule has 1 aliphatic heterocycles. The van der Waals surface area contributed by atoms with Crippen LogP contribution in [0.25, 0.3) is 0 Å². The number of aromatic nitrogens is 1. The molecule has 3 rings (SSSR count). The lowest BCUT2D eigenvalue weighted by Crippen LogP contribution is -2.47. The van der Waals surface area contributed by atoms with Gasteiger partial charge in [-0.05, 0) is 52.7 Å². The van der Waals surface area contributed by atoms with Gasteiger partial charge in [-0.2, -0.15) is 4.98 Å². The van der Waals surface area contributed by atoms with E-state index in [-0.39, 0.29) is 11.9 Å². The number of hydrogen-bond acceptors (Lipinski definition) is 5. The van der Waals surface area contributed by atoms with E-state index in [2.05, 4.69) is 37.6 Å². The summed E-state index contributed by atoms with van der Waals surface area (Å²) >= 11 is 3.43. The van der Waals surface area contributed by atoms with Crippen LogP contribution in [0, 0.1) is 5.82 Å². The first-order chi connectivity index (χ1) is 12.5. The molecule has 0 saturated carbocycles. The Morgan fingerprint density at radius 3 is 2.46 bits per heavy atom. The van der Waals surface area contributed by atoms with Crippen molar-refractivity contribution in [1.82, 2.24) is 9.88 Å². The van der Waals surface area contributed by atoms with E-state index < -0.39 is 0 Å². The molecular weight excluding hydrogens is 401 g/mol. The lowest BCUT2D eigenvalue weighted by atomic mass is 10.1. The molecule has 26 heavy (non-hydrogen) atoms. The third kappa shape index (κ3) is 3.94. The minimum absolute atomic E-state index is 0.194. The van der Waals surface area contributed by atoms with Crippen LogP contribution in [-0.2, 0) is 0 Å². The lowest BCUT2D eigenvalue weighted by Gasteiger charge is -2.38. The van der Waals surface area contributed by atoms with E-state index in [9.17, 15) is 4.39 Å². The largest absolute Gasteiger partial charge is 0.494 e. The van der Waals surface area contributed by atoms with E-state index in [1.165, 1.54) is 13.2 Å². The molecule has 1 aromatic heterocycles. The molecule has 0 radical (unpaired) electrons. The third-order valence-electron chi connectivity index (χ3n) is 4.84. The number of hydrogen-bond donors (Lipinski definition) is 0. The first-order valence-corrected chi connectivity index (χ1v) is 9.35. The van der Waals surface area contributed by atoms with Gasteiger partial charge in [-0.15, -0.1) is 0 Å². The van der Waals surface area contributed by atoms with E-state index >= 15 is 0 Å². The molecule has 0 amide bonds. The van der Waals surface area contributed by atoms with Gasteiger partial charge in [-0.1, -0.05) is 6.07 Å². The second kappa shape index (κ2) is 8.22. The first kappa shape index (κ1) is 18.9. The van der Waals surface area contributed by atoms with Crippen molar-refractivity contribution >= 4 is 21.7 Å². The van der Waals surface area contributed by atoms with Gasteiger partial charge in [0.1, 0.15) is 5.82 Å². The Balaban J connectivity index is 1.66. The van der Waals surface area contributed by atoms with Crippen molar-refractivity contribution in [2.24, 2.45) is 0 Å². The molecular formula is C19H23BrFN3O2. The van der Waals surface area contributed by atoms with Gasteiger partial charge in [-0.3, -0.25) is 4.90 Å². The van der Waals surface area contributed by atoms with Crippen molar-refractivity contribution in [1.29, 1.82) is 0 Å². The first-order valence-electron chi connectivity index (χ1n) is 8.56. The van der Waals surface area contributed by atoms with Gasteiger partial charge in [-0.25, -0.2) is 4.39 Å². The summed E-state index contributed by atoms with van der Waals surface area (Å²) in [4.78, 5) is 9.20. The zero-order valence-corrected chi connectivity index (χ0v) is 16.8. The Labute approximate surface area is 161 Å². The van der Waals surface area contributed by atoms with Gasteiger partial charge >= 0.3 is 0 Å². The highest BCUT2D eigenvalue weighted by atomic mass is 79.9. The van der Waals surface area contributed by atoms with Crippen LogP contribution >= 0.6 is 15.9 Å². The maximum absolute atomic E-state index is 13.6. The smallest absolute Gasteiger partial charge is 0.229 e. The van der Waals surface area contributed by atoms with Crippen molar-refractivity contribution in [3.8, 4) is 11.6 Å². The van der Waals surface area contributed by atoms with Crippen LogP contribution < -0.4 is 14.4 Å². The normalized spacial score (nSPS) is 16.4.